The van der Waals surface area contributed by atoms with Crippen molar-refractivity contribution in [2.75, 3.05) is 13.2 Å². The summed E-state index contributed by atoms with van der Waals surface area (Å²) >= 11 is 0. The molecule has 0 fully saturated rings. The van der Waals surface area contributed by atoms with Crippen molar-refractivity contribution in [2.24, 2.45) is 5.92 Å². The van der Waals surface area contributed by atoms with E-state index in [1.807, 2.05) is 19.1 Å². The lowest BCUT2D eigenvalue weighted by molar-refractivity contribution is 0.144. The number of hydrogen-bond acceptors (Lipinski definition) is 2. The van der Waals surface area contributed by atoms with Crippen LogP contribution >= 0.6 is 0 Å². The second-order valence-corrected chi connectivity index (χ2v) is 6.82. The largest absolute Gasteiger partial charge is 0.396 e. The standard InChI is InChI=1S/C22H29FO2/c1-3-19-13-17(5-6-18(14-24)15-25)7-9-20(19)10-11-21-8-4-16(2)12-22(21)23/h4,7-9,12-13,18,24-25H,3,5-6,10-11,14-15H2,1-2H3. The summed E-state index contributed by atoms with van der Waals surface area (Å²) in [4.78, 5) is 0. The van der Waals surface area contributed by atoms with Gasteiger partial charge in [0.25, 0.3) is 0 Å². The maximum Gasteiger partial charge on any atom is 0.126 e. The van der Waals surface area contributed by atoms with Gasteiger partial charge in [0.2, 0.25) is 0 Å². The Morgan fingerprint density at radius 1 is 0.880 bits per heavy atom. The van der Waals surface area contributed by atoms with Crippen LogP contribution < -0.4 is 0 Å². The summed E-state index contributed by atoms with van der Waals surface area (Å²) in [7, 11) is 0. The Labute approximate surface area is 150 Å². The van der Waals surface area contributed by atoms with Crippen LogP contribution in [0.4, 0.5) is 4.39 Å². The third-order valence-corrected chi connectivity index (χ3v) is 4.88. The Morgan fingerprint density at radius 2 is 1.56 bits per heavy atom. The molecule has 0 spiro atoms. The zero-order chi connectivity index (χ0) is 18.2. The molecular formula is C22H29FO2. The molecule has 0 saturated carbocycles. The van der Waals surface area contributed by atoms with Gasteiger partial charge in [-0.1, -0.05) is 37.3 Å². The van der Waals surface area contributed by atoms with Gasteiger partial charge in [0.1, 0.15) is 5.82 Å². The van der Waals surface area contributed by atoms with E-state index in [2.05, 4.69) is 25.1 Å². The second-order valence-electron chi connectivity index (χ2n) is 6.82. The molecule has 2 rings (SSSR count). The highest BCUT2D eigenvalue weighted by molar-refractivity contribution is 5.34. The van der Waals surface area contributed by atoms with E-state index in [0.29, 0.717) is 6.42 Å². The molecule has 0 radical (unpaired) electrons. The monoisotopic (exact) mass is 344 g/mol. The van der Waals surface area contributed by atoms with E-state index >= 15 is 0 Å². The van der Waals surface area contributed by atoms with E-state index < -0.39 is 0 Å². The predicted octanol–water partition coefficient (Wildman–Crippen LogP) is 4.02. The van der Waals surface area contributed by atoms with E-state index in [4.69, 9.17) is 0 Å². The molecule has 2 nitrogen and oxygen atoms in total. The minimum atomic E-state index is -0.117. The smallest absolute Gasteiger partial charge is 0.126 e. The number of halogens is 1. The molecule has 0 aromatic heterocycles. The van der Waals surface area contributed by atoms with E-state index in [9.17, 15) is 14.6 Å². The van der Waals surface area contributed by atoms with Gasteiger partial charge in [0.05, 0.1) is 0 Å². The van der Waals surface area contributed by atoms with Gasteiger partial charge in [-0.25, -0.2) is 4.39 Å². The summed E-state index contributed by atoms with van der Waals surface area (Å²) in [5.41, 5.74) is 5.52. The molecule has 0 amide bonds. The van der Waals surface area contributed by atoms with Crippen molar-refractivity contribution >= 4 is 0 Å². The molecule has 0 bridgehead atoms. The van der Waals surface area contributed by atoms with E-state index in [1.165, 1.54) is 16.7 Å². The first-order valence-corrected chi connectivity index (χ1v) is 9.14. The first kappa shape index (κ1) is 19.6. The Balaban J connectivity index is 2.03. The van der Waals surface area contributed by atoms with E-state index in [-0.39, 0.29) is 24.9 Å². The van der Waals surface area contributed by atoms with Crippen molar-refractivity contribution in [2.45, 2.75) is 46.0 Å². The molecule has 0 heterocycles. The summed E-state index contributed by atoms with van der Waals surface area (Å²) in [5, 5.41) is 18.4. The molecular weight excluding hydrogens is 315 g/mol. The quantitative estimate of drug-likeness (QED) is 0.721. The number of rotatable bonds is 9. The number of hydrogen-bond donors (Lipinski definition) is 2. The van der Waals surface area contributed by atoms with Crippen LogP contribution in [0.5, 0.6) is 0 Å². The van der Waals surface area contributed by atoms with Crippen LogP contribution in [0, 0.1) is 18.7 Å². The molecule has 2 N–H and O–H groups in total. The zero-order valence-electron chi connectivity index (χ0n) is 15.3. The highest BCUT2D eigenvalue weighted by atomic mass is 19.1. The van der Waals surface area contributed by atoms with Crippen molar-refractivity contribution < 1.29 is 14.6 Å². The summed E-state index contributed by atoms with van der Waals surface area (Å²) in [6.07, 6.45) is 4.12. The Hall–Kier alpha value is -1.71. The van der Waals surface area contributed by atoms with Crippen LogP contribution in [0.1, 0.15) is 41.2 Å². The third-order valence-electron chi connectivity index (χ3n) is 4.88. The normalized spacial score (nSPS) is 11.3. The second kappa shape index (κ2) is 9.69. The molecule has 0 atom stereocenters. The number of aliphatic hydroxyl groups excluding tert-OH is 2. The van der Waals surface area contributed by atoms with Crippen molar-refractivity contribution in [1.82, 2.24) is 0 Å². The molecule has 3 heteroatoms. The van der Waals surface area contributed by atoms with Crippen LogP contribution in [0.2, 0.25) is 0 Å². The fourth-order valence-electron chi connectivity index (χ4n) is 3.14. The summed E-state index contributed by atoms with van der Waals surface area (Å²) in [6, 6.07) is 11.9. The Bertz CT molecular complexity index is 678. The van der Waals surface area contributed by atoms with Crippen LogP contribution in [0.3, 0.4) is 0 Å². The van der Waals surface area contributed by atoms with E-state index in [0.717, 1.165) is 36.8 Å². The molecule has 136 valence electrons. The molecule has 0 aliphatic rings. The summed E-state index contributed by atoms with van der Waals surface area (Å²) < 4.78 is 14.0. The highest BCUT2D eigenvalue weighted by Crippen LogP contribution is 2.19. The lowest BCUT2D eigenvalue weighted by Gasteiger charge is -2.13. The minimum Gasteiger partial charge on any atom is -0.396 e. The third kappa shape index (κ3) is 5.65. The summed E-state index contributed by atoms with van der Waals surface area (Å²) in [5.74, 6) is -0.164. The first-order chi connectivity index (χ1) is 12.1. The number of aliphatic hydroxyl groups is 2. The van der Waals surface area contributed by atoms with Gasteiger partial charge in [-0.2, -0.15) is 0 Å². The van der Waals surface area contributed by atoms with Gasteiger partial charge in [-0.3, -0.25) is 0 Å². The van der Waals surface area contributed by atoms with Crippen LogP contribution in [0.25, 0.3) is 0 Å². The van der Waals surface area contributed by atoms with Crippen molar-refractivity contribution in [1.29, 1.82) is 0 Å². The molecule has 0 aliphatic carbocycles. The molecule has 0 saturated heterocycles. The average molecular weight is 344 g/mol. The van der Waals surface area contributed by atoms with Gasteiger partial charge in [-0.05, 0) is 72.9 Å². The fourth-order valence-corrected chi connectivity index (χ4v) is 3.14. The van der Waals surface area contributed by atoms with Gasteiger partial charge in [0.15, 0.2) is 0 Å². The fraction of sp³-hybridized carbons (Fsp3) is 0.455. The SMILES string of the molecule is CCc1cc(CCC(CO)CO)ccc1CCc1ccc(C)cc1F. The van der Waals surface area contributed by atoms with Crippen molar-refractivity contribution in [3.05, 3.63) is 70.0 Å². The first-order valence-electron chi connectivity index (χ1n) is 9.14. The van der Waals surface area contributed by atoms with Gasteiger partial charge in [0, 0.05) is 19.1 Å². The minimum absolute atomic E-state index is 0.0251. The van der Waals surface area contributed by atoms with Crippen LogP contribution in [0.15, 0.2) is 36.4 Å². The lowest BCUT2D eigenvalue weighted by Crippen LogP contribution is -2.12. The number of benzene rings is 2. The predicted molar refractivity (Wildman–Crippen MR) is 100 cm³/mol. The van der Waals surface area contributed by atoms with Crippen LogP contribution in [-0.2, 0) is 25.7 Å². The Kier molecular flexibility index (Phi) is 7.60. The molecule has 25 heavy (non-hydrogen) atoms. The van der Waals surface area contributed by atoms with Gasteiger partial charge in [-0.15, -0.1) is 0 Å². The average Bonchev–Trinajstić information content (AvgIpc) is 2.62. The van der Waals surface area contributed by atoms with Crippen LogP contribution in [-0.4, -0.2) is 23.4 Å². The van der Waals surface area contributed by atoms with Gasteiger partial charge >= 0.3 is 0 Å². The maximum atomic E-state index is 14.0. The zero-order valence-corrected chi connectivity index (χ0v) is 15.3. The molecule has 0 unspecified atom stereocenters. The van der Waals surface area contributed by atoms with Crippen molar-refractivity contribution in [3.8, 4) is 0 Å². The number of aryl methyl sites for hydroxylation is 5. The molecule has 0 aliphatic heterocycles. The molecule has 2 aromatic rings. The van der Waals surface area contributed by atoms with E-state index in [1.54, 1.807) is 6.07 Å². The lowest BCUT2D eigenvalue weighted by atomic mass is 9.93. The maximum absolute atomic E-state index is 14.0. The van der Waals surface area contributed by atoms with Crippen molar-refractivity contribution in [3.63, 3.8) is 0 Å². The molecule has 2 aromatic carbocycles. The highest BCUT2D eigenvalue weighted by Gasteiger charge is 2.09. The van der Waals surface area contributed by atoms with Gasteiger partial charge < -0.3 is 10.2 Å². The summed E-state index contributed by atoms with van der Waals surface area (Å²) in [6.45, 7) is 4.09. The Morgan fingerprint density at radius 3 is 2.20 bits per heavy atom. The topological polar surface area (TPSA) is 40.5 Å².